The Bertz CT molecular complexity index is 394. The van der Waals surface area contributed by atoms with Crippen LogP contribution in [0.15, 0.2) is 12.1 Å². The largest absolute Gasteiger partial charge is 0.496 e. The molecule has 0 bridgehead atoms. The Balaban J connectivity index is 2.55. The van der Waals surface area contributed by atoms with Gasteiger partial charge in [0.2, 0.25) is 0 Å². The second kappa shape index (κ2) is 6.21. The number of benzene rings is 1. The topological polar surface area (TPSA) is 41.5 Å². The highest BCUT2D eigenvalue weighted by atomic mass is 16.5. The molecule has 0 saturated heterocycles. The van der Waals surface area contributed by atoms with Crippen LogP contribution < -0.4 is 10.1 Å². The van der Waals surface area contributed by atoms with E-state index in [4.69, 9.17) is 4.74 Å². The number of hydrogen-bond donors (Lipinski definition) is 2. The molecular weight excluding hydrogens is 226 g/mol. The van der Waals surface area contributed by atoms with Crippen molar-refractivity contribution >= 4 is 0 Å². The van der Waals surface area contributed by atoms with Crippen LogP contribution in [0.3, 0.4) is 0 Å². The third-order valence-corrected chi connectivity index (χ3v) is 2.98. The van der Waals surface area contributed by atoms with Crippen molar-refractivity contribution in [1.82, 2.24) is 5.32 Å². The van der Waals surface area contributed by atoms with E-state index in [9.17, 15) is 5.11 Å². The summed E-state index contributed by atoms with van der Waals surface area (Å²) in [7, 11) is 1.70. The number of nitrogens with one attached hydrogen (secondary N) is 1. The Hall–Kier alpha value is -1.06. The molecular formula is C15H25NO2. The molecule has 0 saturated carbocycles. The summed E-state index contributed by atoms with van der Waals surface area (Å²) < 4.78 is 5.30. The monoisotopic (exact) mass is 251 g/mol. The standard InChI is InChI=1S/C15H25NO2/c1-11-9-14(18-5)12(2)8-13(11)6-7-16-10-15(3,4)17/h8-9,16-17H,6-7,10H2,1-5H3. The van der Waals surface area contributed by atoms with E-state index in [-0.39, 0.29) is 0 Å². The minimum Gasteiger partial charge on any atom is -0.496 e. The maximum absolute atomic E-state index is 9.60. The zero-order valence-corrected chi connectivity index (χ0v) is 12.1. The summed E-state index contributed by atoms with van der Waals surface area (Å²) in [5.41, 5.74) is 3.10. The van der Waals surface area contributed by atoms with Gasteiger partial charge in [-0.05, 0) is 63.4 Å². The predicted octanol–water partition coefficient (Wildman–Crippen LogP) is 2.22. The molecule has 18 heavy (non-hydrogen) atoms. The molecule has 0 fully saturated rings. The second-order valence-corrected chi connectivity index (χ2v) is 5.49. The van der Waals surface area contributed by atoms with Crippen LogP contribution in [0.1, 0.15) is 30.5 Å². The number of methoxy groups -OCH3 is 1. The first-order valence-electron chi connectivity index (χ1n) is 6.40. The lowest BCUT2D eigenvalue weighted by atomic mass is 10.0. The zero-order valence-electron chi connectivity index (χ0n) is 12.1. The molecule has 0 heterocycles. The van der Waals surface area contributed by atoms with E-state index in [1.54, 1.807) is 7.11 Å². The van der Waals surface area contributed by atoms with E-state index in [0.717, 1.165) is 18.7 Å². The van der Waals surface area contributed by atoms with Gasteiger partial charge >= 0.3 is 0 Å². The van der Waals surface area contributed by atoms with Crippen LogP contribution in [0.4, 0.5) is 0 Å². The third kappa shape index (κ3) is 4.67. The van der Waals surface area contributed by atoms with Gasteiger partial charge in [0, 0.05) is 6.54 Å². The maximum atomic E-state index is 9.60. The average Bonchev–Trinajstić information content (AvgIpc) is 2.27. The van der Waals surface area contributed by atoms with Crippen LogP contribution in [0.25, 0.3) is 0 Å². The van der Waals surface area contributed by atoms with E-state index in [1.165, 1.54) is 16.7 Å². The zero-order chi connectivity index (χ0) is 13.8. The number of rotatable bonds is 6. The average molecular weight is 251 g/mol. The maximum Gasteiger partial charge on any atom is 0.122 e. The summed E-state index contributed by atoms with van der Waals surface area (Å²) in [6, 6.07) is 4.26. The van der Waals surface area contributed by atoms with E-state index in [2.05, 4.69) is 31.3 Å². The summed E-state index contributed by atoms with van der Waals surface area (Å²) in [5, 5.41) is 12.9. The van der Waals surface area contributed by atoms with E-state index < -0.39 is 5.60 Å². The molecule has 0 spiro atoms. The van der Waals surface area contributed by atoms with Gasteiger partial charge in [-0.15, -0.1) is 0 Å². The summed E-state index contributed by atoms with van der Waals surface area (Å²) in [5.74, 6) is 0.945. The van der Waals surface area contributed by atoms with Gasteiger partial charge in [0.25, 0.3) is 0 Å². The molecule has 1 aromatic carbocycles. The van der Waals surface area contributed by atoms with Crippen LogP contribution in [0.5, 0.6) is 5.75 Å². The van der Waals surface area contributed by atoms with Crippen LogP contribution in [0, 0.1) is 13.8 Å². The van der Waals surface area contributed by atoms with Crippen LogP contribution >= 0.6 is 0 Å². The first-order valence-corrected chi connectivity index (χ1v) is 6.40. The molecule has 0 aliphatic carbocycles. The third-order valence-electron chi connectivity index (χ3n) is 2.98. The van der Waals surface area contributed by atoms with Crippen molar-refractivity contribution < 1.29 is 9.84 Å². The normalized spacial score (nSPS) is 11.7. The van der Waals surface area contributed by atoms with Gasteiger partial charge in [-0.1, -0.05) is 6.07 Å². The van der Waals surface area contributed by atoms with Crippen molar-refractivity contribution in [3.8, 4) is 5.75 Å². The van der Waals surface area contributed by atoms with Gasteiger partial charge in [0.15, 0.2) is 0 Å². The predicted molar refractivity (Wildman–Crippen MR) is 75.3 cm³/mol. The molecule has 102 valence electrons. The summed E-state index contributed by atoms with van der Waals surface area (Å²) in [4.78, 5) is 0. The van der Waals surface area contributed by atoms with Gasteiger partial charge in [0.05, 0.1) is 12.7 Å². The highest BCUT2D eigenvalue weighted by Gasteiger charge is 2.11. The molecule has 1 aromatic rings. The fourth-order valence-electron chi connectivity index (χ4n) is 1.96. The number of hydrogen-bond acceptors (Lipinski definition) is 3. The quantitative estimate of drug-likeness (QED) is 0.762. The Morgan fingerprint density at radius 1 is 1.22 bits per heavy atom. The minimum absolute atomic E-state index is 0.612. The van der Waals surface area contributed by atoms with Gasteiger partial charge in [-0.2, -0.15) is 0 Å². The minimum atomic E-state index is -0.648. The molecule has 0 amide bonds. The lowest BCUT2D eigenvalue weighted by Crippen LogP contribution is -2.35. The summed E-state index contributed by atoms with van der Waals surface area (Å²) in [6.45, 7) is 9.27. The highest BCUT2D eigenvalue weighted by molar-refractivity contribution is 5.41. The first kappa shape index (κ1) is 15.0. The fourth-order valence-corrected chi connectivity index (χ4v) is 1.96. The molecule has 0 aromatic heterocycles. The number of aryl methyl sites for hydroxylation is 2. The molecule has 0 aliphatic heterocycles. The molecule has 3 heteroatoms. The van der Waals surface area contributed by atoms with Gasteiger partial charge < -0.3 is 15.2 Å². The summed E-state index contributed by atoms with van der Waals surface area (Å²) in [6.07, 6.45) is 0.965. The Morgan fingerprint density at radius 3 is 2.44 bits per heavy atom. The van der Waals surface area contributed by atoms with Crippen LogP contribution in [-0.4, -0.2) is 30.9 Å². The van der Waals surface area contributed by atoms with Crippen molar-refractivity contribution in [2.24, 2.45) is 0 Å². The summed E-state index contributed by atoms with van der Waals surface area (Å²) >= 11 is 0. The van der Waals surface area contributed by atoms with Crippen molar-refractivity contribution in [3.05, 3.63) is 28.8 Å². The van der Waals surface area contributed by atoms with Gasteiger partial charge in [-0.25, -0.2) is 0 Å². The lowest BCUT2D eigenvalue weighted by molar-refractivity contribution is 0.0801. The molecule has 0 atom stereocenters. The van der Waals surface area contributed by atoms with Crippen LogP contribution in [-0.2, 0) is 6.42 Å². The number of ether oxygens (including phenoxy) is 1. The van der Waals surface area contributed by atoms with Crippen molar-refractivity contribution in [2.75, 3.05) is 20.2 Å². The van der Waals surface area contributed by atoms with Gasteiger partial charge in [0.1, 0.15) is 5.75 Å². The fraction of sp³-hybridized carbons (Fsp3) is 0.600. The molecule has 0 aliphatic rings. The van der Waals surface area contributed by atoms with Crippen molar-refractivity contribution in [3.63, 3.8) is 0 Å². The van der Waals surface area contributed by atoms with Crippen molar-refractivity contribution in [2.45, 2.75) is 39.7 Å². The highest BCUT2D eigenvalue weighted by Crippen LogP contribution is 2.22. The van der Waals surface area contributed by atoms with Crippen LogP contribution in [0.2, 0.25) is 0 Å². The van der Waals surface area contributed by atoms with Gasteiger partial charge in [-0.3, -0.25) is 0 Å². The smallest absolute Gasteiger partial charge is 0.122 e. The second-order valence-electron chi connectivity index (χ2n) is 5.49. The van der Waals surface area contributed by atoms with E-state index in [0.29, 0.717) is 6.54 Å². The Labute approximate surface area is 110 Å². The first-order chi connectivity index (χ1) is 8.33. The molecule has 3 nitrogen and oxygen atoms in total. The Kier molecular flexibility index (Phi) is 5.17. The van der Waals surface area contributed by atoms with E-state index in [1.807, 2.05) is 13.8 Å². The van der Waals surface area contributed by atoms with E-state index >= 15 is 0 Å². The molecule has 0 unspecified atom stereocenters. The van der Waals surface area contributed by atoms with Crippen molar-refractivity contribution in [1.29, 1.82) is 0 Å². The lowest BCUT2D eigenvalue weighted by Gasteiger charge is -2.18. The Morgan fingerprint density at radius 2 is 1.89 bits per heavy atom. The molecule has 2 N–H and O–H groups in total. The molecule has 0 radical (unpaired) electrons. The SMILES string of the molecule is COc1cc(C)c(CCNCC(C)(C)O)cc1C. The molecule has 1 rings (SSSR count). The number of aliphatic hydroxyl groups is 1.